The molecule has 0 spiro atoms. The largest absolute Gasteiger partial charge is 0.338 e. The maximum atomic E-state index is 5.70. The summed E-state index contributed by atoms with van der Waals surface area (Å²) in [5.74, 6) is 1.37. The van der Waals surface area contributed by atoms with Crippen LogP contribution in [0.5, 0.6) is 0 Å². The summed E-state index contributed by atoms with van der Waals surface area (Å²) in [5, 5.41) is 7.99. The molecule has 0 aliphatic heterocycles. The second-order valence-corrected chi connectivity index (χ2v) is 4.70. The van der Waals surface area contributed by atoms with Gasteiger partial charge in [-0.25, -0.2) is 0 Å². The fourth-order valence-electron chi connectivity index (χ4n) is 1.60. The van der Waals surface area contributed by atoms with E-state index in [-0.39, 0.29) is 5.41 Å². The van der Waals surface area contributed by atoms with Crippen molar-refractivity contribution in [2.24, 2.45) is 5.73 Å². The normalized spacial score (nSPS) is 17.9. The molecule has 0 aromatic carbocycles. The zero-order valence-corrected chi connectivity index (χ0v) is 8.96. The highest BCUT2D eigenvalue weighted by molar-refractivity contribution is 7.08. The van der Waals surface area contributed by atoms with Crippen molar-refractivity contribution in [1.29, 1.82) is 0 Å². The molecule has 4 nitrogen and oxygen atoms in total. The lowest BCUT2D eigenvalue weighted by Crippen LogP contribution is -2.19. The monoisotopic (exact) mass is 221 g/mol. The third-order valence-corrected chi connectivity index (χ3v) is 3.59. The van der Waals surface area contributed by atoms with Crippen molar-refractivity contribution in [1.82, 2.24) is 10.1 Å². The standard InChI is InChI=1S/C10H11N3OS/c11-6-10(2-3-10)9-12-8(13-14-9)7-1-4-15-5-7/h1,4-5H,2-3,6,11H2. The predicted octanol–water partition coefficient (Wildman–Crippen LogP) is 1.79. The van der Waals surface area contributed by atoms with E-state index in [0.29, 0.717) is 18.3 Å². The van der Waals surface area contributed by atoms with Gasteiger partial charge in [0, 0.05) is 17.5 Å². The van der Waals surface area contributed by atoms with Crippen molar-refractivity contribution in [3.05, 3.63) is 22.7 Å². The molecular formula is C10H11N3OS. The molecule has 78 valence electrons. The van der Waals surface area contributed by atoms with E-state index in [9.17, 15) is 0 Å². The number of aromatic nitrogens is 2. The minimum absolute atomic E-state index is 0.0126. The first kappa shape index (κ1) is 9.06. The SMILES string of the molecule is NCC1(c2nc(-c3ccsc3)no2)CC1. The van der Waals surface area contributed by atoms with E-state index >= 15 is 0 Å². The third-order valence-electron chi connectivity index (χ3n) is 2.90. The number of rotatable bonds is 3. The Hall–Kier alpha value is -1.20. The highest BCUT2D eigenvalue weighted by atomic mass is 32.1. The van der Waals surface area contributed by atoms with Crippen molar-refractivity contribution in [2.75, 3.05) is 6.54 Å². The first-order valence-electron chi connectivity index (χ1n) is 4.91. The van der Waals surface area contributed by atoms with Gasteiger partial charge in [-0.2, -0.15) is 16.3 Å². The molecule has 2 heterocycles. The van der Waals surface area contributed by atoms with Crippen molar-refractivity contribution in [3.63, 3.8) is 0 Å². The Morgan fingerprint density at radius 2 is 2.40 bits per heavy atom. The summed E-state index contributed by atoms with van der Waals surface area (Å²) in [5.41, 5.74) is 6.71. The minimum atomic E-state index is -0.0126. The van der Waals surface area contributed by atoms with Crippen LogP contribution in [0.3, 0.4) is 0 Å². The van der Waals surface area contributed by atoms with Crippen molar-refractivity contribution < 1.29 is 4.52 Å². The molecule has 15 heavy (non-hydrogen) atoms. The fraction of sp³-hybridized carbons (Fsp3) is 0.400. The first-order valence-corrected chi connectivity index (χ1v) is 5.85. The van der Waals surface area contributed by atoms with Crippen LogP contribution in [-0.2, 0) is 5.41 Å². The van der Waals surface area contributed by atoms with Gasteiger partial charge in [0.1, 0.15) is 0 Å². The molecule has 0 saturated heterocycles. The smallest absolute Gasteiger partial charge is 0.234 e. The van der Waals surface area contributed by atoms with Gasteiger partial charge in [-0.15, -0.1) is 0 Å². The minimum Gasteiger partial charge on any atom is -0.338 e. The van der Waals surface area contributed by atoms with Crippen LogP contribution in [0.1, 0.15) is 18.7 Å². The Balaban J connectivity index is 1.95. The zero-order valence-electron chi connectivity index (χ0n) is 8.14. The van der Waals surface area contributed by atoms with Crippen LogP contribution in [0.2, 0.25) is 0 Å². The summed E-state index contributed by atoms with van der Waals surface area (Å²) in [4.78, 5) is 4.41. The second kappa shape index (κ2) is 3.15. The van der Waals surface area contributed by atoms with Crippen LogP contribution >= 0.6 is 11.3 Å². The quantitative estimate of drug-likeness (QED) is 0.858. The maximum Gasteiger partial charge on any atom is 0.234 e. The molecule has 1 fully saturated rings. The molecule has 0 amide bonds. The average Bonchev–Trinajstić information content (AvgIpc) is 2.74. The molecule has 1 saturated carbocycles. The number of nitrogens with zero attached hydrogens (tertiary/aromatic N) is 2. The van der Waals surface area contributed by atoms with Crippen LogP contribution < -0.4 is 5.73 Å². The molecule has 1 aliphatic rings. The molecular weight excluding hydrogens is 210 g/mol. The number of thiophene rings is 1. The molecule has 2 N–H and O–H groups in total. The van der Waals surface area contributed by atoms with E-state index < -0.39 is 0 Å². The fourth-order valence-corrected chi connectivity index (χ4v) is 2.24. The van der Waals surface area contributed by atoms with Gasteiger partial charge in [-0.3, -0.25) is 0 Å². The molecule has 2 aromatic heterocycles. The summed E-state index contributed by atoms with van der Waals surface area (Å²) in [6, 6.07) is 1.99. The Morgan fingerprint density at radius 3 is 3.00 bits per heavy atom. The van der Waals surface area contributed by atoms with Gasteiger partial charge in [-0.05, 0) is 24.3 Å². The van der Waals surface area contributed by atoms with E-state index in [2.05, 4.69) is 10.1 Å². The van der Waals surface area contributed by atoms with Gasteiger partial charge >= 0.3 is 0 Å². The Bertz CT molecular complexity index is 459. The summed E-state index contributed by atoms with van der Waals surface area (Å²) < 4.78 is 5.27. The molecule has 3 rings (SSSR count). The third kappa shape index (κ3) is 1.39. The highest BCUT2D eigenvalue weighted by Crippen LogP contribution is 2.46. The second-order valence-electron chi connectivity index (χ2n) is 3.92. The van der Waals surface area contributed by atoms with Crippen LogP contribution in [-0.4, -0.2) is 16.7 Å². The van der Waals surface area contributed by atoms with Crippen LogP contribution in [0.25, 0.3) is 11.4 Å². The molecule has 1 aliphatic carbocycles. The van der Waals surface area contributed by atoms with Crippen molar-refractivity contribution in [3.8, 4) is 11.4 Å². The molecule has 0 unspecified atom stereocenters. The summed E-state index contributed by atoms with van der Waals surface area (Å²) in [7, 11) is 0. The topological polar surface area (TPSA) is 64.9 Å². The predicted molar refractivity (Wildman–Crippen MR) is 57.6 cm³/mol. The van der Waals surface area contributed by atoms with Gasteiger partial charge in [0.05, 0.1) is 5.41 Å². The van der Waals surface area contributed by atoms with Gasteiger partial charge < -0.3 is 10.3 Å². The molecule has 0 bridgehead atoms. The van der Waals surface area contributed by atoms with Gasteiger partial charge in [0.15, 0.2) is 0 Å². The lowest BCUT2D eigenvalue weighted by atomic mass is 10.1. The zero-order chi connectivity index (χ0) is 10.3. The van der Waals surface area contributed by atoms with Gasteiger partial charge in [0.25, 0.3) is 0 Å². The van der Waals surface area contributed by atoms with Gasteiger partial charge in [-0.1, -0.05) is 5.16 Å². The number of hydrogen-bond donors (Lipinski definition) is 1. The molecule has 0 atom stereocenters. The summed E-state index contributed by atoms with van der Waals surface area (Å²) in [6.45, 7) is 0.596. The Labute approximate surface area is 91.1 Å². The first-order chi connectivity index (χ1) is 7.34. The van der Waals surface area contributed by atoms with Crippen LogP contribution in [0.4, 0.5) is 0 Å². The highest BCUT2D eigenvalue weighted by Gasteiger charge is 2.48. The Morgan fingerprint density at radius 1 is 1.53 bits per heavy atom. The van der Waals surface area contributed by atoms with E-state index in [1.54, 1.807) is 11.3 Å². The lowest BCUT2D eigenvalue weighted by molar-refractivity contribution is 0.347. The maximum absolute atomic E-state index is 5.70. The molecule has 0 radical (unpaired) electrons. The van der Waals surface area contributed by atoms with Crippen molar-refractivity contribution in [2.45, 2.75) is 18.3 Å². The molecule has 2 aromatic rings. The summed E-state index contributed by atoms with van der Waals surface area (Å²) >= 11 is 1.63. The van der Waals surface area contributed by atoms with E-state index in [0.717, 1.165) is 18.4 Å². The number of nitrogens with two attached hydrogens (primary N) is 1. The molecule has 5 heteroatoms. The Kier molecular flexibility index (Phi) is 1.90. The summed E-state index contributed by atoms with van der Waals surface area (Å²) in [6.07, 6.45) is 2.13. The average molecular weight is 221 g/mol. The lowest BCUT2D eigenvalue weighted by Gasteiger charge is -2.03. The number of hydrogen-bond acceptors (Lipinski definition) is 5. The van der Waals surface area contributed by atoms with Gasteiger partial charge in [0.2, 0.25) is 11.7 Å². The van der Waals surface area contributed by atoms with E-state index in [4.69, 9.17) is 10.3 Å². The van der Waals surface area contributed by atoms with E-state index in [1.165, 1.54) is 0 Å². The van der Waals surface area contributed by atoms with E-state index in [1.807, 2.05) is 16.8 Å². The van der Waals surface area contributed by atoms with Crippen LogP contribution in [0, 0.1) is 0 Å². The van der Waals surface area contributed by atoms with Crippen molar-refractivity contribution >= 4 is 11.3 Å². The van der Waals surface area contributed by atoms with Crippen LogP contribution in [0.15, 0.2) is 21.3 Å².